The maximum atomic E-state index is 8.86. The maximum Gasteiger partial charge on any atom is 0.102 e. The lowest BCUT2D eigenvalue weighted by Gasteiger charge is -2.06. The van der Waals surface area contributed by atoms with E-state index in [4.69, 9.17) is 11.7 Å². The number of hydrogen-bond acceptors (Lipinski definition) is 2. The molecule has 1 aromatic carbocycles. The summed E-state index contributed by atoms with van der Waals surface area (Å²) in [5.74, 6) is 2.47. The van der Waals surface area contributed by atoms with E-state index < -0.39 is 0 Å². The first-order valence-electron chi connectivity index (χ1n) is 3.96. The first-order valence-corrected chi connectivity index (χ1v) is 3.96. The Morgan fingerprint density at radius 1 is 1.54 bits per heavy atom. The summed E-state index contributed by atoms with van der Waals surface area (Å²) in [6, 6.07) is 7.79. The van der Waals surface area contributed by atoms with Gasteiger partial charge in [-0.25, -0.2) is 0 Å². The molecule has 0 saturated carbocycles. The Morgan fingerprint density at radius 2 is 2.31 bits per heavy atom. The molecule has 1 rings (SSSR count). The monoisotopic (exact) mass is 170 g/mol. The van der Waals surface area contributed by atoms with Gasteiger partial charge in [-0.15, -0.1) is 6.42 Å². The van der Waals surface area contributed by atoms with E-state index in [-0.39, 0.29) is 0 Å². The fourth-order valence-corrected chi connectivity index (χ4v) is 1.11. The first-order chi connectivity index (χ1) is 6.29. The van der Waals surface area contributed by atoms with Crippen LogP contribution in [-0.4, -0.2) is 6.54 Å². The van der Waals surface area contributed by atoms with Crippen LogP contribution in [0.3, 0.4) is 0 Å². The van der Waals surface area contributed by atoms with Gasteiger partial charge in [-0.3, -0.25) is 0 Å². The molecule has 0 fully saturated rings. The topological polar surface area (TPSA) is 35.8 Å². The van der Waals surface area contributed by atoms with Crippen LogP contribution >= 0.6 is 0 Å². The average molecular weight is 170 g/mol. The summed E-state index contributed by atoms with van der Waals surface area (Å²) in [7, 11) is 0. The fraction of sp³-hybridized carbons (Fsp3) is 0.182. The lowest BCUT2D eigenvalue weighted by molar-refractivity contribution is 1.32. The van der Waals surface area contributed by atoms with E-state index in [1.807, 2.05) is 25.1 Å². The van der Waals surface area contributed by atoms with Gasteiger partial charge in [0.15, 0.2) is 0 Å². The molecule has 2 heteroatoms. The molecule has 0 heterocycles. The van der Waals surface area contributed by atoms with Gasteiger partial charge in [-0.2, -0.15) is 5.26 Å². The van der Waals surface area contributed by atoms with E-state index in [0.717, 1.165) is 11.3 Å². The number of nitrogens with zero attached hydrogens (tertiary/aromatic N) is 1. The van der Waals surface area contributed by atoms with Crippen LogP contribution in [0.15, 0.2) is 18.2 Å². The van der Waals surface area contributed by atoms with E-state index >= 15 is 0 Å². The van der Waals surface area contributed by atoms with Crippen molar-refractivity contribution in [3.63, 3.8) is 0 Å². The average Bonchev–Trinajstić information content (AvgIpc) is 2.15. The zero-order valence-corrected chi connectivity index (χ0v) is 7.46. The Kier molecular flexibility index (Phi) is 2.95. The molecule has 64 valence electrons. The normalized spacial score (nSPS) is 8.54. The maximum absolute atomic E-state index is 8.86. The first kappa shape index (κ1) is 9.16. The van der Waals surface area contributed by atoms with Crippen LogP contribution in [0.25, 0.3) is 0 Å². The van der Waals surface area contributed by atoms with Gasteiger partial charge in [0, 0.05) is 0 Å². The summed E-state index contributed by atoms with van der Waals surface area (Å²) >= 11 is 0. The van der Waals surface area contributed by atoms with Crippen molar-refractivity contribution in [2.24, 2.45) is 0 Å². The Morgan fingerprint density at radius 3 is 2.92 bits per heavy atom. The van der Waals surface area contributed by atoms with Crippen molar-refractivity contribution in [2.75, 3.05) is 11.9 Å². The number of hydrogen-bond donors (Lipinski definition) is 1. The van der Waals surface area contributed by atoms with Crippen molar-refractivity contribution in [1.82, 2.24) is 0 Å². The molecule has 0 aliphatic heterocycles. The SMILES string of the molecule is C#CCNc1cccc(C)c1C#N. The highest BCUT2D eigenvalue weighted by atomic mass is 14.9. The van der Waals surface area contributed by atoms with E-state index in [2.05, 4.69) is 17.3 Å². The van der Waals surface area contributed by atoms with Crippen molar-refractivity contribution in [1.29, 1.82) is 5.26 Å². The predicted molar refractivity (Wildman–Crippen MR) is 53.2 cm³/mol. The summed E-state index contributed by atoms with van der Waals surface area (Å²) in [5.41, 5.74) is 2.43. The molecule has 1 N–H and O–H groups in total. The van der Waals surface area contributed by atoms with Gasteiger partial charge in [0.2, 0.25) is 0 Å². The molecule has 0 spiro atoms. The van der Waals surface area contributed by atoms with E-state index in [1.165, 1.54) is 0 Å². The lowest BCUT2D eigenvalue weighted by atomic mass is 10.1. The Bertz CT molecular complexity index is 380. The molecule has 0 radical (unpaired) electrons. The number of nitrogens with one attached hydrogen (secondary N) is 1. The molecule has 0 saturated heterocycles. The molecular formula is C11H10N2. The minimum Gasteiger partial charge on any atom is -0.373 e. The minimum absolute atomic E-state index is 0.443. The van der Waals surface area contributed by atoms with E-state index in [1.54, 1.807) is 0 Å². The van der Waals surface area contributed by atoms with Crippen molar-refractivity contribution in [3.05, 3.63) is 29.3 Å². The number of aryl methyl sites for hydroxylation is 1. The van der Waals surface area contributed by atoms with Gasteiger partial charge >= 0.3 is 0 Å². The van der Waals surface area contributed by atoms with Crippen LogP contribution < -0.4 is 5.32 Å². The molecule has 13 heavy (non-hydrogen) atoms. The van der Waals surface area contributed by atoms with Crippen molar-refractivity contribution >= 4 is 5.69 Å². The van der Waals surface area contributed by atoms with Crippen LogP contribution in [0, 0.1) is 30.6 Å². The van der Waals surface area contributed by atoms with Crippen LogP contribution in [0.2, 0.25) is 0 Å². The highest BCUT2D eigenvalue weighted by Gasteiger charge is 2.02. The number of terminal acetylenes is 1. The van der Waals surface area contributed by atoms with Gasteiger partial charge in [0.05, 0.1) is 17.8 Å². The van der Waals surface area contributed by atoms with Crippen molar-refractivity contribution in [2.45, 2.75) is 6.92 Å². The predicted octanol–water partition coefficient (Wildman–Crippen LogP) is 1.91. The zero-order valence-electron chi connectivity index (χ0n) is 7.46. The third-order valence-electron chi connectivity index (χ3n) is 1.77. The van der Waals surface area contributed by atoms with Gasteiger partial charge in [-0.1, -0.05) is 18.1 Å². The van der Waals surface area contributed by atoms with Crippen LogP contribution in [0.4, 0.5) is 5.69 Å². The molecular weight excluding hydrogens is 160 g/mol. The molecule has 0 amide bonds. The smallest absolute Gasteiger partial charge is 0.102 e. The standard InChI is InChI=1S/C11H10N2/c1-3-7-13-11-6-4-5-9(2)10(11)8-12/h1,4-6,13H,7H2,2H3. The second-order valence-electron chi connectivity index (χ2n) is 2.67. The van der Waals surface area contributed by atoms with Crippen LogP contribution in [-0.2, 0) is 0 Å². The molecule has 2 nitrogen and oxygen atoms in total. The summed E-state index contributed by atoms with van der Waals surface area (Å²) in [6.45, 7) is 2.34. The second-order valence-corrected chi connectivity index (χ2v) is 2.67. The van der Waals surface area contributed by atoms with E-state index in [0.29, 0.717) is 12.1 Å². The number of benzene rings is 1. The Hall–Kier alpha value is -1.93. The molecule has 0 aliphatic rings. The highest BCUT2D eigenvalue weighted by Crippen LogP contribution is 2.17. The number of anilines is 1. The van der Waals surface area contributed by atoms with Gasteiger partial charge in [-0.05, 0) is 18.6 Å². The highest BCUT2D eigenvalue weighted by molar-refractivity contribution is 5.60. The number of rotatable bonds is 2. The van der Waals surface area contributed by atoms with Crippen LogP contribution in [0.5, 0.6) is 0 Å². The molecule has 0 bridgehead atoms. The van der Waals surface area contributed by atoms with Crippen LogP contribution in [0.1, 0.15) is 11.1 Å². The summed E-state index contributed by atoms with van der Waals surface area (Å²) in [4.78, 5) is 0. The molecule has 0 aliphatic carbocycles. The largest absolute Gasteiger partial charge is 0.373 e. The molecule has 0 aromatic heterocycles. The lowest BCUT2D eigenvalue weighted by Crippen LogP contribution is -2.01. The third-order valence-corrected chi connectivity index (χ3v) is 1.77. The minimum atomic E-state index is 0.443. The molecule has 0 unspecified atom stereocenters. The number of nitriles is 1. The third kappa shape index (κ3) is 2.01. The summed E-state index contributed by atoms with van der Waals surface area (Å²) in [6.07, 6.45) is 5.11. The molecule has 0 atom stereocenters. The fourth-order valence-electron chi connectivity index (χ4n) is 1.11. The Balaban J connectivity index is 3.02. The van der Waals surface area contributed by atoms with Crippen molar-refractivity contribution < 1.29 is 0 Å². The van der Waals surface area contributed by atoms with Gasteiger partial charge < -0.3 is 5.32 Å². The van der Waals surface area contributed by atoms with E-state index in [9.17, 15) is 0 Å². The van der Waals surface area contributed by atoms with Gasteiger partial charge in [0.25, 0.3) is 0 Å². The Labute approximate surface area is 78.2 Å². The second kappa shape index (κ2) is 4.18. The summed E-state index contributed by atoms with van der Waals surface area (Å²) in [5, 5.41) is 11.9. The van der Waals surface area contributed by atoms with Crippen molar-refractivity contribution in [3.8, 4) is 18.4 Å². The molecule has 1 aromatic rings. The summed E-state index contributed by atoms with van der Waals surface area (Å²) < 4.78 is 0. The zero-order chi connectivity index (χ0) is 9.68. The van der Waals surface area contributed by atoms with Gasteiger partial charge in [0.1, 0.15) is 6.07 Å². The quantitative estimate of drug-likeness (QED) is 0.688.